The van der Waals surface area contributed by atoms with Crippen LogP contribution < -0.4 is 10.7 Å². The highest BCUT2D eigenvalue weighted by molar-refractivity contribution is 7.59. The quantitative estimate of drug-likeness (QED) is 0.172. The van der Waals surface area contributed by atoms with Crippen molar-refractivity contribution in [2.24, 2.45) is 16.7 Å². The van der Waals surface area contributed by atoms with Crippen molar-refractivity contribution >= 4 is 100 Å². The van der Waals surface area contributed by atoms with Crippen LogP contribution in [0.2, 0.25) is 0 Å². The predicted octanol–water partition coefficient (Wildman–Crippen LogP) is 6.76. The number of methoxy groups -OCH3 is 1. The van der Waals surface area contributed by atoms with Gasteiger partial charge in [0.2, 0.25) is 5.91 Å². The molecule has 2 saturated heterocycles. The molecule has 1 aliphatic carbocycles. The maximum absolute atomic E-state index is 14.6. The minimum Gasteiger partial charge on any atom is -0.464 e. The van der Waals surface area contributed by atoms with Crippen molar-refractivity contribution in [3.63, 3.8) is 0 Å². The highest BCUT2D eigenvalue weighted by Gasteiger charge is 2.55. The van der Waals surface area contributed by atoms with Crippen LogP contribution in [0.4, 0.5) is 4.79 Å². The van der Waals surface area contributed by atoms with Crippen molar-refractivity contribution in [2.45, 2.75) is 117 Å². The third-order valence-corrected chi connectivity index (χ3v) is 15.0. The molecule has 0 unspecified atom stereocenters. The first kappa shape index (κ1) is 58.1. The lowest BCUT2D eigenvalue weighted by Crippen LogP contribution is -2.69. The van der Waals surface area contributed by atoms with Crippen LogP contribution in [0.5, 0.6) is 0 Å². The number of likely N-dealkylation sites (N-methyl/N-ethyl adjacent to an activating group) is 1. The molecule has 3 aliphatic heterocycles. The van der Waals surface area contributed by atoms with Gasteiger partial charge < -0.3 is 34.1 Å². The molecule has 6 bridgehead atoms. The number of rotatable bonds is 9. The molecule has 6 heterocycles. The topological polar surface area (TPSA) is 154 Å². The van der Waals surface area contributed by atoms with E-state index in [2.05, 4.69) is 79.3 Å². The summed E-state index contributed by atoms with van der Waals surface area (Å²) in [6, 6.07) is 8.21. The second kappa shape index (κ2) is 23.4. The summed E-state index contributed by atoms with van der Waals surface area (Å²) in [6.07, 6.45) is 5.45. The van der Waals surface area contributed by atoms with Crippen LogP contribution in [0.3, 0.4) is 0 Å². The molecule has 382 valence electrons. The monoisotopic (exact) mass is 1050 g/mol. The number of fused-ring (bicyclic) bond motifs is 6. The maximum atomic E-state index is 14.6. The van der Waals surface area contributed by atoms with Crippen LogP contribution in [0.15, 0.2) is 41.9 Å². The van der Waals surface area contributed by atoms with Crippen molar-refractivity contribution in [1.29, 1.82) is 0 Å². The van der Waals surface area contributed by atoms with Crippen LogP contribution in [-0.4, -0.2) is 137 Å². The first-order valence-corrected chi connectivity index (χ1v) is 24.1. The lowest BCUT2D eigenvalue weighted by atomic mass is 9.60. The third-order valence-electron chi connectivity index (χ3n) is 14.2. The SMILES string of the molecule is CCn1c(-c2cccnc2[C@H](C)OC)c2c3cc(ccc31)-c1csc(n1)C[C@H](NC(=O)[C@H](C(C)C)N(C)C(=O)N1CC3(CC(N(C)C)C3)C1)C(=O)N1CCC[C@H](N1)C(=O)OCC(C)(C)C2.S.S.S.S. The summed E-state index contributed by atoms with van der Waals surface area (Å²) in [5.41, 5.74) is 9.59. The fourth-order valence-electron chi connectivity index (χ4n) is 10.6. The second-order valence-electron chi connectivity index (χ2n) is 20.2. The molecule has 69 heavy (non-hydrogen) atoms. The lowest BCUT2D eigenvalue weighted by Gasteiger charge is -2.60. The van der Waals surface area contributed by atoms with E-state index in [0.717, 1.165) is 57.5 Å². The van der Waals surface area contributed by atoms with Gasteiger partial charge in [0.15, 0.2) is 0 Å². The number of carbonyl (C=O) groups is 4. The number of esters is 1. The zero-order valence-electron chi connectivity index (χ0n) is 41.8. The molecular formula is C49H75N9O6S5. The van der Waals surface area contributed by atoms with Gasteiger partial charge in [-0.25, -0.2) is 15.2 Å². The van der Waals surface area contributed by atoms with Crippen molar-refractivity contribution < 1.29 is 28.7 Å². The number of nitrogens with zero attached hydrogens (tertiary/aromatic N) is 7. The molecular weight excluding hydrogens is 971 g/mol. The molecule has 2 N–H and O–H groups in total. The zero-order valence-corrected chi connectivity index (χ0v) is 46.6. The van der Waals surface area contributed by atoms with Crippen molar-refractivity contribution in [1.82, 2.24) is 45.0 Å². The summed E-state index contributed by atoms with van der Waals surface area (Å²) >= 11 is 1.44. The molecule has 1 spiro atoms. The number of hydrogen-bond donors (Lipinski definition) is 2. The number of aryl methyl sites for hydroxylation is 1. The summed E-state index contributed by atoms with van der Waals surface area (Å²) in [4.78, 5) is 72.4. The smallest absolute Gasteiger partial charge is 0.324 e. The average molecular weight is 1050 g/mol. The van der Waals surface area contributed by atoms with E-state index in [1.165, 1.54) is 21.2 Å². The van der Waals surface area contributed by atoms with Gasteiger partial charge in [-0.15, -0.1) is 11.3 Å². The Morgan fingerprint density at radius 2 is 1.77 bits per heavy atom. The van der Waals surface area contributed by atoms with Crippen molar-refractivity contribution in [3.05, 3.63) is 58.2 Å². The van der Waals surface area contributed by atoms with Crippen LogP contribution >= 0.6 is 65.3 Å². The number of pyridine rings is 1. The van der Waals surface area contributed by atoms with Crippen LogP contribution in [0.1, 0.15) is 89.6 Å². The van der Waals surface area contributed by atoms with Gasteiger partial charge in [0.05, 0.1) is 34.8 Å². The van der Waals surface area contributed by atoms with Crippen LogP contribution in [0.25, 0.3) is 33.4 Å². The molecule has 8 rings (SSSR count). The van der Waals surface area contributed by atoms with E-state index in [9.17, 15) is 19.2 Å². The first-order chi connectivity index (χ1) is 30.9. The Morgan fingerprint density at radius 3 is 2.42 bits per heavy atom. The molecule has 4 atom stereocenters. The third kappa shape index (κ3) is 11.7. The van der Waals surface area contributed by atoms with E-state index in [-0.39, 0.29) is 96.4 Å². The van der Waals surface area contributed by atoms with E-state index in [0.29, 0.717) is 56.5 Å². The minimum absolute atomic E-state index is 0. The summed E-state index contributed by atoms with van der Waals surface area (Å²) in [6.45, 7) is 14.8. The number of carbonyl (C=O) groups excluding carboxylic acids is 4. The molecule has 20 heteroatoms. The second-order valence-corrected chi connectivity index (χ2v) is 21.2. The van der Waals surface area contributed by atoms with Crippen LogP contribution in [0, 0.1) is 16.7 Å². The number of amides is 4. The van der Waals surface area contributed by atoms with Gasteiger partial charge in [-0.2, -0.15) is 54.0 Å². The number of ether oxygens (including phenoxy) is 2. The molecule has 3 fully saturated rings. The Labute approximate surface area is 439 Å². The number of nitrogens with one attached hydrogen (secondary N) is 2. The Bertz CT molecular complexity index is 2450. The van der Waals surface area contributed by atoms with Crippen LogP contribution in [-0.2, 0) is 43.2 Å². The molecule has 4 amide bonds. The Balaban J connectivity index is 0.00000259. The summed E-state index contributed by atoms with van der Waals surface area (Å²) in [5, 5.41) is 8.26. The number of cyclic esters (lactones) is 1. The van der Waals surface area contributed by atoms with Gasteiger partial charge in [-0.1, -0.05) is 33.8 Å². The van der Waals surface area contributed by atoms with Gasteiger partial charge in [-0.3, -0.25) is 24.4 Å². The Kier molecular flexibility index (Phi) is 19.7. The Hall–Kier alpha value is -3.50. The number of likely N-dealkylation sites (tertiary alicyclic amines) is 1. The molecule has 1 saturated carbocycles. The largest absolute Gasteiger partial charge is 0.464 e. The first-order valence-electron chi connectivity index (χ1n) is 23.2. The van der Waals surface area contributed by atoms with Crippen molar-refractivity contribution in [2.75, 3.05) is 54.5 Å². The van der Waals surface area contributed by atoms with E-state index < -0.39 is 35.4 Å². The molecule has 1 aromatic carbocycles. The summed E-state index contributed by atoms with van der Waals surface area (Å²) in [5.74, 6) is -1.47. The molecule has 4 aromatic rings. The fraction of sp³-hybridized carbons (Fsp3) is 0.592. The zero-order chi connectivity index (χ0) is 46.5. The van der Waals surface area contributed by atoms with Gasteiger partial charge in [0.25, 0.3) is 5.91 Å². The number of hydrazine groups is 1. The summed E-state index contributed by atoms with van der Waals surface area (Å²) in [7, 11) is 7.56. The fourth-order valence-corrected chi connectivity index (χ4v) is 11.4. The highest BCUT2D eigenvalue weighted by Crippen LogP contribution is 2.50. The molecule has 3 aromatic heterocycles. The summed E-state index contributed by atoms with van der Waals surface area (Å²) < 4.78 is 14.3. The molecule has 15 nitrogen and oxygen atoms in total. The number of thiazole rings is 1. The number of benzene rings is 1. The maximum Gasteiger partial charge on any atom is 0.324 e. The highest BCUT2D eigenvalue weighted by atomic mass is 32.1. The van der Waals surface area contributed by atoms with E-state index in [1.807, 2.05) is 37.1 Å². The molecule has 0 radical (unpaired) electrons. The van der Waals surface area contributed by atoms with Gasteiger partial charge >= 0.3 is 12.0 Å². The normalized spacial score (nSPS) is 20.8. The average Bonchev–Trinajstić information content (AvgIpc) is 3.84. The van der Waals surface area contributed by atoms with Gasteiger partial charge in [0, 0.05) is 97.2 Å². The van der Waals surface area contributed by atoms with Crippen molar-refractivity contribution in [3.8, 4) is 22.5 Å². The standard InChI is InChI=1S/C49H67N9O6S.4H2S/c1-11-57-39-17-16-31-20-34(39)35(43(57)33-14-12-18-50-41(33)30(4)63-10)24-48(5,6)28-64-46(61)36-15-13-19-58(53-36)45(60)37(21-40-51-38(31)25-65-40)52-44(59)42(29(2)3)55(9)47(62)56-26-49(27-56)22-32(23-49)54(7)8;;;;/h12,14,16-18,20,25,29-30,32,36-37,42,53H,11,13,15,19,21-24,26-28H2,1-10H3,(H,52,59);4*1H2/t30-,36-,37-,42-;;;;/m0..../s1. The minimum atomic E-state index is -1.03. The van der Waals surface area contributed by atoms with Gasteiger partial charge in [0.1, 0.15) is 18.1 Å². The van der Waals surface area contributed by atoms with E-state index >= 15 is 0 Å². The Morgan fingerprint density at radius 1 is 1.06 bits per heavy atom. The number of urea groups is 1. The van der Waals surface area contributed by atoms with E-state index in [1.54, 1.807) is 20.4 Å². The predicted molar refractivity (Wildman–Crippen MR) is 293 cm³/mol. The number of hydrogen-bond acceptors (Lipinski definition) is 11. The molecule has 4 aliphatic rings. The van der Waals surface area contributed by atoms with Gasteiger partial charge in [-0.05, 0) is 95.8 Å². The van der Waals surface area contributed by atoms with E-state index in [4.69, 9.17) is 19.4 Å². The number of aromatic nitrogens is 3. The lowest BCUT2D eigenvalue weighted by molar-refractivity contribution is -0.155.